The van der Waals surface area contributed by atoms with E-state index in [9.17, 15) is 0 Å². The Morgan fingerprint density at radius 1 is 1.05 bits per heavy atom. The molecule has 2 rings (SSSR count). The van der Waals surface area contributed by atoms with Crippen molar-refractivity contribution in [3.05, 3.63) is 36.2 Å². The van der Waals surface area contributed by atoms with Crippen LogP contribution in [0.3, 0.4) is 0 Å². The quantitative estimate of drug-likeness (QED) is 0.814. The number of hydrogen-bond acceptors (Lipinski definition) is 5. The Hall–Kier alpha value is -2.30. The number of hydrogen-bond donors (Lipinski definition) is 2. The predicted molar refractivity (Wildman–Crippen MR) is 86.5 cm³/mol. The number of ether oxygens (including phenoxy) is 1. The topological polar surface area (TPSA) is 59.1 Å². The highest BCUT2D eigenvalue weighted by molar-refractivity contribution is 5.60. The van der Waals surface area contributed by atoms with Crippen LogP contribution in [0.2, 0.25) is 0 Å². The molecule has 0 spiro atoms. The molecular weight excluding hydrogens is 264 g/mol. The molecule has 0 radical (unpaired) electrons. The summed E-state index contributed by atoms with van der Waals surface area (Å²) in [6.45, 7) is 5.09. The Balaban J connectivity index is 2.16. The molecule has 2 N–H and O–H groups in total. The van der Waals surface area contributed by atoms with Crippen LogP contribution in [-0.2, 0) is 6.42 Å². The molecule has 5 heteroatoms. The zero-order valence-corrected chi connectivity index (χ0v) is 12.8. The molecule has 0 aliphatic rings. The molecule has 21 heavy (non-hydrogen) atoms. The van der Waals surface area contributed by atoms with Gasteiger partial charge in [0.2, 0.25) is 0 Å². The van der Waals surface area contributed by atoms with E-state index >= 15 is 0 Å². The molecule has 0 bridgehead atoms. The minimum atomic E-state index is 0.797. The lowest BCUT2D eigenvalue weighted by molar-refractivity contribution is 0.415. The average molecular weight is 286 g/mol. The van der Waals surface area contributed by atoms with Crippen molar-refractivity contribution < 1.29 is 4.74 Å². The summed E-state index contributed by atoms with van der Waals surface area (Å²) < 4.78 is 5.16. The predicted octanol–water partition coefficient (Wildman–Crippen LogP) is 3.61. The van der Waals surface area contributed by atoms with E-state index in [2.05, 4.69) is 34.4 Å². The summed E-state index contributed by atoms with van der Waals surface area (Å²) in [4.78, 5) is 8.98. The summed E-state index contributed by atoms with van der Waals surface area (Å²) in [5.41, 5.74) is 0.970. The minimum absolute atomic E-state index is 0.797. The van der Waals surface area contributed by atoms with Gasteiger partial charge in [0, 0.05) is 24.7 Å². The first-order chi connectivity index (χ1) is 10.2. The van der Waals surface area contributed by atoms with Gasteiger partial charge in [-0.25, -0.2) is 9.97 Å². The zero-order valence-electron chi connectivity index (χ0n) is 12.8. The molecular formula is C16H22N4O. The highest BCUT2D eigenvalue weighted by atomic mass is 16.5. The SMILES string of the molecule is CCCNc1cc(Nc2ccc(OC)cc2)nc(CC)n1. The minimum Gasteiger partial charge on any atom is -0.497 e. The summed E-state index contributed by atoms with van der Waals surface area (Å²) in [6, 6.07) is 9.69. The van der Waals surface area contributed by atoms with Gasteiger partial charge >= 0.3 is 0 Å². The maximum Gasteiger partial charge on any atom is 0.136 e. The largest absolute Gasteiger partial charge is 0.497 e. The van der Waals surface area contributed by atoms with Crippen LogP contribution in [0, 0.1) is 0 Å². The van der Waals surface area contributed by atoms with E-state index in [1.165, 1.54) is 0 Å². The first-order valence-corrected chi connectivity index (χ1v) is 7.28. The van der Waals surface area contributed by atoms with Gasteiger partial charge in [-0.2, -0.15) is 0 Å². The number of aromatic nitrogens is 2. The van der Waals surface area contributed by atoms with Gasteiger partial charge in [-0.15, -0.1) is 0 Å². The highest BCUT2D eigenvalue weighted by Gasteiger charge is 2.04. The smallest absolute Gasteiger partial charge is 0.136 e. The van der Waals surface area contributed by atoms with Gasteiger partial charge in [-0.1, -0.05) is 13.8 Å². The van der Waals surface area contributed by atoms with Crippen molar-refractivity contribution in [2.75, 3.05) is 24.3 Å². The van der Waals surface area contributed by atoms with Crippen molar-refractivity contribution in [3.63, 3.8) is 0 Å². The van der Waals surface area contributed by atoms with Crippen LogP contribution < -0.4 is 15.4 Å². The number of methoxy groups -OCH3 is 1. The third-order valence-electron chi connectivity index (χ3n) is 3.01. The molecule has 0 amide bonds. The molecule has 112 valence electrons. The Labute approximate surface area is 125 Å². The van der Waals surface area contributed by atoms with Crippen molar-refractivity contribution >= 4 is 17.3 Å². The van der Waals surface area contributed by atoms with E-state index in [0.29, 0.717) is 0 Å². The summed E-state index contributed by atoms with van der Waals surface area (Å²) in [6.07, 6.45) is 1.87. The molecule has 0 unspecified atom stereocenters. The van der Waals surface area contributed by atoms with E-state index < -0.39 is 0 Å². The number of aryl methyl sites for hydroxylation is 1. The van der Waals surface area contributed by atoms with Gasteiger partial charge in [0.25, 0.3) is 0 Å². The number of anilines is 3. The second-order valence-corrected chi connectivity index (χ2v) is 4.69. The van der Waals surface area contributed by atoms with Crippen LogP contribution >= 0.6 is 0 Å². The van der Waals surface area contributed by atoms with Crippen molar-refractivity contribution in [2.45, 2.75) is 26.7 Å². The lowest BCUT2D eigenvalue weighted by Crippen LogP contribution is -2.06. The van der Waals surface area contributed by atoms with Gasteiger partial charge < -0.3 is 15.4 Å². The number of nitrogens with zero attached hydrogens (tertiary/aromatic N) is 2. The van der Waals surface area contributed by atoms with Crippen LogP contribution in [-0.4, -0.2) is 23.6 Å². The molecule has 0 saturated heterocycles. The lowest BCUT2D eigenvalue weighted by Gasteiger charge is -2.11. The third kappa shape index (κ3) is 4.34. The standard InChI is InChI=1S/C16H22N4O/c1-4-10-17-15-11-16(20-14(5-2)19-15)18-12-6-8-13(21-3)9-7-12/h6-9,11H,4-5,10H2,1-3H3,(H2,17,18,19,20). The van der Waals surface area contributed by atoms with Crippen LogP contribution in [0.15, 0.2) is 30.3 Å². The van der Waals surface area contributed by atoms with Crippen LogP contribution in [0.5, 0.6) is 5.75 Å². The highest BCUT2D eigenvalue weighted by Crippen LogP contribution is 2.20. The van der Waals surface area contributed by atoms with Crippen molar-refractivity contribution in [1.29, 1.82) is 0 Å². The van der Waals surface area contributed by atoms with Gasteiger partial charge in [-0.05, 0) is 30.7 Å². The number of rotatable bonds is 7. The third-order valence-corrected chi connectivity index (χ3v) is 3.01. The fourth-order valence-corrected chi connectivity index (χ4v) is 1.89. The Morgan fingerprint density at radius 2 is 1.76 bits per heavy atom. The summed E-state index contributed by atoms with van der Waals surface area (Å²) >= 11 is 0. The zero-order chi connectivity index (χ0) is 15.1. The second-order valence-electron chi connectivity index (χ2n) is 4.69. The molecule has 0 aliphatic carbocycles. The van der Waals surface area contributed by atoms with Crippen molar-refractivity contribution in [3.8, 4) is 5.75 Å². The van der Waals surface area contributed by atoms with Gasteiger partial charge in [0.15, 0.2) is 0 Å². The molecule has 0 atom stereocenters. The molecule has 0 aliphatic heterocycles. The first-order valence-electron chi connectivity index (χ1n) is 7.28. The Kier molecular flexibility index (Phi) is 5.37. The van der Waals surface area contributed by atoms with Gasteiger partial charge in [0.1, 0.15) is 23.2 Å². The summed E-state index contributed by atoms with van der Waals surface area (Å²) in [5, 5.41) is 6.60. The first kappa shape index (κ1) is 15.1. The average Bonchev–Trinajstić information content (AvgIpc) is 2.53. The molecule has 1 heterocycles. The Bertz CT molecular complexity index is 569. The van der Waals surface area contributed by atoms with E-state index in [4.69, 9.17) is 4.74 Å². The summed E-state index contributed by atoms with van der Waals surface area (Å²) in [7, 11) is 1.66. The van der Waals surface area contributed by atoms with E-state index in [1.54, 1.807) is 7.11 Å². The lowest BCUT2D eigenvalue weighted by atomic mass is 10.3. The normalized spacial score (nSPS) is 10.2. The van der Waals surface area contributed by atoms with Crippen molar-refractivity contribution in [1.82, 2.24) is 9.97 Å². The maximum atomic E-state index is 5.16. The fraction of sp³-hybridized carbons (Fsp3) is 0.375. The van der Waals surface area contributed by atoms with E-state index in [1.807, 2.05) is 30.3 Å². The van der Waals surface area contributed by atoms with E-state index in [0.717, 1.165) is 48.3 Å². The monoisotopic (exact) mass is 286 g/mol. The molecule has 1 aromatic heterocycles. The van der Waals surface area contributed by atoms with Crippen LogP contribution in [0.4, 0.5) is 17.3 Å². The summed E-state index contributed by atoms with van der Waals surface area (Å²) in [5.74, 6) is 3.32. The molecule has 5 nitrogen and oxygen atoms in total. The molecule has 1 aromatic carbocycles. The number of nitrogens with one attached hydrogen (secondary N) is 2. The van der Waals surface area contributed by atoms with E-state index in [-0.39, 0.29) is 0 Å². The Morgan fingerprint density at radius 3 is 2.38 bits per heavy atom. The molecule has 2 aromatic rings. The van der Waals surface area contributed by atoms with Gasteiger partial charge in [-0.3, -0.25) is 0 Å². The maximum absolute atomic E-state index is 5.16. The molecule has 0 fully saturated rings. The fourth-order valence-electron chi connectivity index (χ4n) is 1.89. The number of benzene rings is 1. The molecule has 0 saturated carbocycles. The van der Waals surface area contributed by atoms with Gasteiger partial charge in [0.05, 0.1) is 7.11 Å². The van der Waals surface area contributed by atoms with Crippen molar-refractivity contribution in [2.24, 2.45) is 0 Å². The van der Waals surface area contributed by atoms with Crippen LogP contribution in [0.1, 0.15) is 26.1 Å². The second kappa shape index (κ2) is 7.47. The van der Waals surface area contributed by atoms with Crippen LogP contribution in [0.25, 0.3) is 0 Å².